The summed E-state index contributed by atoms with van der Waals surface area (Å²) < 4.78 is 0. The summed E-state index contributed by atoms with van der Waals surface area (Å²) in [5, 5.41) is 12.8. The summed E-state index contributed by atoms with van der Waals surface area (Å²) >= 11 is 6.78. The van der Waals surface area contributed by atoms with Crippen molar-refractivity contribution < 1.29 is 39.5 Å². The van der Waals surface area contributed by atoms with Gasteiger partial charge in [0, 0.05) is 16.0 Å². The summed E-state index contributed by atoms with van der Waals surface area (Å²) in [7, 11) is 0. The summed E-state index contributed by atoms with van der Waals surface area (Å²) in [5.74, 6) is -1.25. The van der Waals surface area contributed by atoms with E-state index in [1.807, 2.05) is 0 Å². The molecule has 3 nitrogen and oxygen atoms in total. The van der Waals surface area contributed by atoms with Crippen molar-refractivity contribution in [3.63, 3.8) is 0 Å². The molecule has 0 atom stereocenters. The minimum atomic E-state index is -1.25. The number of benzene rings is 1. The number of rotatable bonds is 2. The van der Waals surface area contributed by atoms with Crippen LogP contribution in [-0.4, -0.2) is 11.0 Å². The normalized spacial score (nSPS) is 9.56. The van der Waals surface area contributed by atoms with Crippen molar-refractivity contribution in [2.24, 2.45) is 0 Å². The molecule has 0 bridgehead atoms. The third kappa shape index (κ3) is 3.06. The van der Waals surface area contributed by atoms with E-state index < -0.39 is 5.97 Å². The van der Waals surface area contributed by atoms with Gasteiger partial charge in [-0.25, -0.2) is 4.98 Å². The number of carbonyl (C=O) groups excluding carboxylic acids is 1. The van der Waals surface area contributed by atoms with E-state index in [2.05, 4.69) is 4.98 Å². The molecular weight excluding hydrogens is 257 g/mol. The van der Waals surface area contributed by atoms with E-state index >= 15 is 0 Å². The Morgan fingerprint density at radius 3 is 2.44 bits per heavy atom. The molecule has 0 aliphatic heterocycles. The second-order valence-electron chi connectivity index (χ2n) is 2.83. The van der Waals surface area contributed by atoms with E-state index in [4.69, 9.17) is 11.6 Å². The van der Waals surface area contributed by atoms with Gasteiger partial charge in [0.15, 0.2) is 0 Å². The van der Waals surface area contributed by atoms with E-state index in [9.17, 15) is 9.90 Å². The number of aromatic carboxylic acids is 1. The third-order valence-electron chi connectivity index (χ3n) is 1.82. The van der Waals surface area contributed by atoms with Gasteiger partial charge in [0.05, 0.1) is 5.69 Å². The van der Waals surface area contributed by atoms with Crippen molar-refractivity contribution >= 4 is 28.9 Å². The number of thiazole rings is 1. The molecule has 1 aromatic heterocycles. The molecule has 0 radical (unpaired) electrons. The molecule has 2 rings (SSSR count). The first-order chi connectivity index (χ1) is 7.16. The smallest absolute Gasteiger partial charge is 0.542 e. The van der Waals surface area contributed by atoms with Crippen molar-refractivity contribution in [2.45, 2.75) is 0 Å². The molecule has 0 aliphatic carbocycles. The Labute approximate surface area is 123 Å². The fourth-order valence-corrected chi connectivity index (χ4v) is 1.91. The summed E-state index contributed by atoms with van der Waals surface area (Å²) in [6, 6.07) is 7.04. The van der Waals surface area contributed by atoms with Crippen LogP contribution in [0.4, 0.5) is 0 Å². The van der Waals surface area contributed by atoms with Crippen LogP contribution in [0.3, 0.4) is 0 Å². The van der Waals surface area contributed by atoms with Crippen molar-refractivity contribution in [1.29, 1.82) is 0 Å². The second kappa shape index (κ2) is 5.80. The van der Waals surface area contributed by atoms with Gasteiger partial charge >= 0.3 is 29.6 Å². The van der Waals surface area contributed by atoms with Crippen molar-refractivity contribution in [3.8, 4) is 11.3 Å². The Hall–Kier alpha value is -0.390. The molecule has 0 amide bonds. The van der Waals surface area contributed by atoms with Gasteiger partial charge < -0.3 is 9.90 Å². The predicted molar refractivity (Wildman–Crippen MR) is 56.9 cm³/mol. The standard InChI is InChI=1S/C10H6ClNO2S.Na/c11-7-3-1-6(2-4-7)8-5-15-9(12-8)10(13)14;/h1-5H,(H,13,14);/q;+1/p-1. The van der Waals surface area contributed by atoms with Gasteiger partial charge in [-0.2, -0.15) is 0 Å². The van der Waals surface area contributed by atoms with Crippen molar-refractivity contribution in [3.05, 3.63) is 39.7 Å². The predicted octanol–water partition coefficient (Wildman–Crippen LogP) is -1.17. The first-order valence-electron chi connectivity index (χ1n) is 4.09. The molecule has 2 aromatic rings. The quantitative estimate of drug-likeness (QED) is 0.641. The van der Waals surface area contributed by atoms with Crippen LogP contribution in [0.25, 0.3) is 11.3 Å². The van der Waals surface area contributed by atoms with Gasteiger partial charge in [0.1, 0.15) is 11.0 Å². The second-order valence-corrected chi connectivity index (χ2v) is 4.13. The average molecular weight is 262 g/mol. The molecule has 76 valence electrons. The van der Waals surface area contributed by atoms with Crippen molar-refractivity contribution in [2.75, 3.05) is 0 Å². The van der Waals surface area contributed by atoms with Crippen LogP contribution in [-0.2, 0) is 0 Å². The number of aromatic nitrogens is 1. The summed E-state index contributed by atoms with van der Waals surface area (Å²) in [5.41, 5.74) is 1.46. The molecule has 0 N–H and O–H groups in total. The fourth-order valence-electron chi connectivity index (χ4n) is 1.12. The SMILES string of the molecule is O=C([O-])c1nc(-c2ccc(Cl)cc2)cs1.[Na+]. The molecule has 0 saturated heterocycles. The number of nitrogens with zero attached hydrogens (tertiary/aromatic N) is 1. The van der Waals surface area contributed by atoms with Crippen LogP contribution < -0.4 is 34.7 Å². The zero-order valence-electron chi connectivity index (χ0n) is 8.44. The van der Waals surface area contributed by atoms with Crippen LogP contribution >= 0.6 is 22.9 Å². The van der Waals surface area contributed by atoms with Crippen LogP contribution in [0.1, 0.15) is 9.80 Å². The van der Waals surface area contributed by atoms with E-state index in [0.29, 0.717) is 10.7 Å². The molecule has 6 heteroatoms. The zero-order valence-corrected chi connectivity index (χ0v) is 12.0. The van der Waals surface area contributed by atoms with Gasteiger partial charge in [0.25, 0.3) is 0 Å². The molecule has 0 saturated carbocycles. The number of carboxylic acid groups (broad SMARTS) is 1. The van der Waals surface area contributed by atoms with Crippen LogP contribution in [0, 0.1) is 0 Å². The first kappa shape index (κ1) is 13.7. The van der Waals surface area contributed by atoms with Gasteiger partial charge in [-0.1, -0.05) is 23.7 Å². The topological polar surface area (TPSA) is 53.0 Å². The van der Waals surface area contributed by atoms with Crippen LogP contribution in [0.5, 0.6) is 0 Å². The molecular formula is C10H5ClNNaO2S. The zero-order chi connectivity index (χ0) is 10.8. The number of hydrogen-bond donors (Lipinski definition) is 0. The Bertz CT molecular complexity index is 498. The molecule has 0 unspecified atom stereocenters. The Morgan fingerprint density at radius 1 is 1.31 bits per heavy atom. The number of halogens is 1. The maximum atomic E-state index is 10.5. The molecule has 0 fully saturated rings. The van der Waals surface area contributed by atoms with Gasteiger partial charge in [0.2, 0.25) is 0 Å². The number of hydrogen-bond acceptors (Lipinski definition) is 4. The minimum Gasteiger partial charge on any atom is -0.542 e. The van der Waals surface area contributed by atoms with Gasteiger partial charge in [-0.05, 0) is 12.1 Å². The molecule has 0 spiro atoms. The fraction of sp³-hybridized carbons (Fsp3) is 0. The Balaban J connectivity index is 0.00000128. The maximum Gasteiger partial charge on any atom is 1.00 e. The molecule has 0 aliphatic rings. The van der Waals surface area contributed by atoms with Gasteiger partial charge in [-0.15, -0.1) is 11.3 Å². The summed E-state index contributed by atoms with van der Waals surface area (Å²) in [6.07, 6.45) is 0. The first-order valence-corrected chi connectivity index (χ1v) is 5.35. The maximum absolute atomic E-state index is 10.5. The summed E-state index contributed by atoms with van der Waals surface area (Å²) in [4.78, 5) is 14.4. The monoisotopic (exact) mass is 261 g/mol. The van der Waals surface area contributed by atoms with E-state index in [-0.39, 0.29) is 34.6 Å². The largest absolute Gasteiger partial charge is 1.00 e. The molecule has 1 aromatic carbocycles. The minimum absolute atomic E-state index is 0. The van der Waals surface area contributed by atoms with E-state index in [1.54, 1.807) is 29.6 Å². The molecule has 16 heavy (non-hydrogen) atoms. The van der Waals surface area contributed by atoms with E-state index in [1.165, 1.54) is 0 Å². The number of carboxylic acids is 1. The van der Waals surface area contributed by atoms with Crippen molar-refractivity contribution in [1.82, 2.24) is 4.98 Å². The Kier molecular flexibility index (Phi) is 4.95. The number of carbonyl (C=O) groups is 1. The van der Waals surface area contributed by atoms with Crippen LogP contribution in [0.2, 0.25) is 5.02 Å². The van der Waals surface area contributed by atoms with E-state index in [0.717, 1.165) is 16.9 Å². The average Bonchev–Trinajstić information content (AvgIpc) is 2.68. The Morgan fingerprint density at radius 2 is 1.94 bits per heavy atom. The summed E-state index contributed by atoms with van der Waals surface area (Å²) in [6.45, 7) is 0. The van der Waals surface area contributed by atoms with Crippen LogP contribution in [0.15, 0.2) is 29.6 Å². The molecule has 1 heterocycles. The third-order valence-corrected chi connectivity index (χ3v) is 2.89. The van der Waals surface area contributed by atoms with Gasteiger partial charge in [-0.3, -0.25) is 0 Å².